The molecule has 0 radical (unpaired) electrons. The van der Waals surface area contributed by atoms with Crippen LogP contribution in [0.2, 0.25) is 10.0 Å². The first kappa shape index (κ1) is 15.6. The molecule has 1 aromatic rings. The van der Waals surface area contributed by atoms with E-state index in [1.807, 2.05) is 24.0 Å². The monoisotopic (exact) mass is 314 g/mol. The molecule has 110 valence electrons. The average Bonchev–Trinajstić information content (AvgIpc) is 2.90. The van der Waals surface area contributed by atoms with E-state index in [1.54, 1.807) is 6.07 Å². The summed E-state index contributed by atoms with van der Waals surface area (Å²) < 4.78 is 0. The van der Waals surface area contributed by atoms with Crippen LogP contribution >= 0.6 is 23.2 Å². The van der Waals surface area contributed by atoms with Crippen LogP contribution in [0.25, 0.3) is 0 Å². The number of nitrogens with zero attached hydrogens (tertiary/aromatic N) is 1. The zero-order chi connectivity index (χ0) is 14.7. The van der Waals surface area contributed by atoms with Crippen molar-refractivity contribution in [3.05, 3.63) is 33.8 Å². The van der Waals surface area contributed by atoms with Crippen molar-refractivity contribution in [2.75, 3.05) is 6.54 Å². The first-order valence-corrected chi connectivity index (χ1v) is 7.81. The zero-order valence-electron chi connectivity index (χ0n) is 11.6. The molecule has 1 amide bonds. The molecule has 0 aromatic heterocycles. The van der Waals surface area contributed by atoms with Crippen LogP contribution in [0.15, 0.2) is 18.2 Å². The van der Waals surface area contributed by atoms with Gasteiger partial charge in [0, 0.05) is 6.54 Å². The van der Waals surface area contributed by atoms with E-state index in [-0.39, 0.29) is 11.9 Å². The first-order valence-electron chi connectivity index (χ1n) is 7.05. The minimum Gasteiger partial charge on any atom is -0.334 e. The maximum absolute atomic E-state index is 12.4. The molecule has 1 unspecified atom stereocenters. The fraction of sp³-hybridized carbons (Fsp3) is 0.533. The van der Waals surface area contributed by atoms with Gasteiger partial charge < -0.3 is 10.6 Å². The van der Waals surface area contributed by atoms with Crippen LogP contribution in [0.4, 0.5) is 0 Å². The van der Waals surface area contributed by atoms with E-state index in [2.05, 4.69) is 0 Å². The van der Waals surface area contributed by atoms with Crippen LogP contribution in [-0.2, 0) is 4.79 Å². The average molecular weight is 315 g/mol. The summed E-state index contributed by atoms with van der Waals surface area (Å²) in [5, 5.41) is 1.07. The molecular formula is C15H20Cl2N2O. The third-order valence-corrected chi connectivity index (χ3v) is 4.52. The molecule has 2 atom stereocenters. The van der Waals surface area contributed by atoms with Gasteiger partial charge in [-0.25, -0.2) is 0 Å². The maximum Gasteiger partial charge on any atom is 0.239 e. The highest BCUT2D eigenvalue weighted by Crippen LogP contribution is 2.35. The molecule has 1 fully saturated rings. The number of halogens is 2. The summed E-state index contributed by atoms with van der Waals surface area (Å²) in [4.78, 5) is 14.3. The van der Waals surface area contributed by atoms with Crippen molar-refractivity contribution in [3.63, 3.8) is 0 Å². The molecular weight excluding hydrogens is 295 g/mol. The number of carbonyl (C=O) groups is 1. The van der Waals surface area contributed by atoms with E-state index < -0.39 is 6.04 Å². The van der Waals surface area contributed by atoms with Crippen molar-refractivity contribution in [2.24, 2.45) is 5.73 Å². The number of nitrogens with two attached hydrogens (primary N) is 1. The lowest BCUT2D eigenvalue weighted by Crippen LogP contribution is -2.43. The van der Waals surface area contributed by atoms with Crippen LogP contribution in [0.1, 0.15) is 44.2 Å². The minimum atomic E-state index is -0.400. The number of rotatable bonds is 4. The third-order valence-electron chi connectivity index (χ3n) is 3.78. The van der Waals surface area contributed by atoms with E-state index in [0.29, 0.717) is 10.0 Å². The molecule has 3 nitrogen and oxygen atoms in total. The Labute approximate surface area is 130 Å². The van der Waals surface area contributed by atoms with Gasteiger partial charge in [-0.3, -0.25) is 4.79 Å². The van der Waals surface area contributed by atoms with Crippen LogP contribution < -0.4 is 5.73 Å². The number of likely N-dealkylation sites (tertiary alicyclic amines) is 1. The lowest BCUT2D eigenvalue weighted by molar-refractivity contribution is -0.133. The highest BCUT2D eigenvalue weighted by atomic mass is 35.5. The Morgan fingerprint density at radius 2 is 2.20 bits per heavy atom. The molecule has 1 aliphatic rings. The Kier molecular flexibility index (Phi) is 5.30. The normalized spacial score (nSPS) is 20.2. The molecule has 2 N–H and O–H groups in total. The second kappa shape index (κ2) is 6.79. The summed E-state index contributed by atoms with van der Waals surface area (Å²) in [7, 11) is 0. The molecule has 0 aliphatic carbocycles. The second-order valence-corrected chi connectivity index (χ2v) is 6.07. The summed E-state index contributed by atoms with van der Waals surface area (Å²) >= 11 is 12.0. The van der Waals surface area contributed by atoms with E-state index in [9.17, 15) is 4.79 Å². The molecule has 1 saturated heterocycles. The molecule has 1 heterocycles. The summed E-state index contributed by atoms with van der Waals surface area (Å²) in [6.45, 7) is 2.80. The Bertz CT molecular complexity index is 493. The van der Waals surface area contributed by atoms with E-state index in [4.69, 9.17) is 28.9 Å². The SMILES string of the molecule is CCC[C@H](N)C(=O)N1CCCC1c1ccc(Cl)c(Cl)c1. The molecule has 0 saturated carbocycles. The van der Waals surface area contributed by atoms with Gasteiger partial charge in [0.2, 0.25) is 5.91 Å². The van der Waals surface area contributed by atoms with Gasteiger partial charge in [-0.2, -0.15) is 0 Å². The van der Waals surface area contributed by atoms with Crippen molar-refractivity contribution >= 4 is 29.1 Å². The molecule has 20 heavy (non-hydrogen) atoms. The molecule has 1 aromatic carbocycles. The van der Waals surface area contributed by atoms with Gasteiger partial charge in [0.1, 0.15) is 0 Å². The van der Waals surface area contributed by atoms with Crippen molar-refractivity contribution in [1.29, 1.82) is 0 Å². The van der Waals surface area contributed by atoms with Gasteiger partial charge in [0.15, 0.2) is 0 Å². The Hall–Kier alpha value is -0.770. The standard InChI is InChI=1S/C15H20Cl2N2O/c1-2-4-13(18)15(20)19-8-3-5-14(19)10-6-7-11(16)12(17)9-10/h6-7,9,13-14H,2-5,8,18H2,1H3/t13-,14?/m0/s1. The largest absolute Gasteiger partial charge is 0.334 e. The Morgan fingerprint density at radius 1 is 1.45 bits per heavy atom. The van der Waals surface area contributed by atoms with Crippen molar-refractivity contribution in [1.82, 2.24) is 4.90 Å². The zero-order valence-corrected chi connectivity index (χ0v) is 13.1. The smallest absolute Gasteiger partial charge is 0.239 e. The van der Waals surface area contributed by atoms with E-state index >= 15 is 0 Å². The maximum atomic E-state index is 12.4. The van der Waals surface area contributed by atoms with Gasteiger partial charge >= 0.3 is 0 Å². The fourth-order valence-electron chi connectivity index (χ4n) is 2.74. The number of hydrogen-bond acceptors (Lipinski definition) is 2. The number of carbonyl (C=O) groups excluding carboxylic acids is 1. The lowest BCUT2D eigenvalue weighted by Gasteiger charge is -2.28. The highest BCUT2D eigenvalue weighted by Gasteiger charge is 2.32. The van der Waals surface area contributed by atoms with Crippen molar-refractivity contribution in [3.8, 4) is 0 Å². The van der Waals surface area contributed by atoms with Gasteiger partial charge in [-0.05, 0) is 37.0 Å². The lowest BCUT2D eigenvalue weighted by atomic mass is 10.0. The van der Waals surface area contributed by atoms with E-state index in [0.717, 1.165) is 37.8 Å². The molecule has 5 heteroatoms. The first-order chi connectivity index (χ1) is 9.54. The fourth-order valence-corrected chi connectivity index (χ4v) is 3.05. The predicted molar refractivity (Wildman–Crippen MR) is 83.0 cm³/mol. The quantitative estimate of drug-likeness (QED) is 0.919. The summed E-state index contributed by atoms with van der Waals surface area (Å²) in [5.41, 5.74) is 7.00. The minimum absolute atomic E-state index is 0.0421. The Balaban J connectivity index is 2.18. The molecule has 1 aliphatic heterocycles. The van der Waals surface area contributed by atoms with Crippen LogP contribution in [0.3, 0.4) is 0 Å². The van der Waals surface area contributed by atoms with Crippen LogP contribution in [-0.4, -0.2) is 23.4 Å². The second-order valence-electron chi connectivity index (χ2n) is 5.26. The summed E-state index contributed by atoms with van der Waals surface area (Å²) in [6, 6.07) is 5.25. The van der Waals surface area contributed by atoms with Gasteiger partial charge in [-0.15, -0.1) is 0 Å². The highest BCUT2D eigenvalue weighted by molar-refractivity contribution is 6.42. The topological polar surface area (TPSA) is 46.3 Å². The third kappa shape index (κ3) is 3.27. The Morgan fingerprint density at radius 3 is 2.85 bits per heavy atom. The van der Waals surface area contributed by atoms with Gasteiger partial charge in [0.05, 0.1) is 22.1 Å². The number of amides is 1. The molecule has 0 bridgehead atoms. The van der Waals surface area contributed by atoms with Crippen molar-refractivity contribution in [2.45, 2.75) is 44.7 Å². The van der Waals surface area contributed by atoms with E-state index in [1.165, 1.54) is 0 Å². The summed E-state index contributed by atoms with van der Waals surface area (Å²) in [6.07, 6.45) is 3.58. The molecule has 2 rings (SSSR count). The summed E-state index contributed by atoms with van der Waals surface area (Å²) in [5.74, 6) is 0.0421. The van der Waals surface area contributed by atoms with Gasteiger partial charge in [0.25, 0.3) is 0 Å². The predicted octanol–water partition coefficient (Wildman–Crippen LogP) is 3.78. The number of benzene rings is 1. The molecule has 0 spiro atoms. The number of hydrogen-bond donors (Lipinski definition) is 1. The van der Waals surface area contributed by atoms with Crippen LogP contribution in [0.5, 0.6) is 0 Å². The van der Waals surface area contributed by atoms with Gasteiger partial charge in [-0.1, -0.05) is 42.6 Å². The van der Waals surface area contributed by atoms with Crippen LogP contribution in [0, 0.1) is 0 Å². The van der Waals surface area contributed by atoms with Crippen molar-refractivity contribution < 1.29 is 4.79 Å².